The van der Waals surface area contributed by atoms with Crippen molar-refractivity contribution in [2.24, 2.45) is 5.10 Å². The average molecular weight is 467 g/mol. The molecular weight excluding hydrogens is 440 g/mol. The van der Waals surface area contributed by atoms with Crippen LogP contribution in [0.15, 0.2) is 59.7 Å². The van der Waals surface area contributed by atoms with Gasteiger partial charge in [0.25, 0.3) is 5.91 Å². The number of amides is 1. The summed E-state index contributed by atoms with van der Waals surface area (Å²) >= 11 is 5.86. The van der Waals surface area contributed by atoms with E-state index in [0.717, 1.165) is 33.9 Å². The van der Waals surface area contributed by atoms with Crippen LogP contribution in [-0.4, -0.2) is 35.8 Å². The lowest BCUT2D eigenvalue weighted by molar-refractivity contribution is -0.142. The summed E-state index contributed by atoms with van der Waals surface area (Å²) in [6.07, 6.45) is 1.89. The van der Waals surface area contributed by atoms with Crippen molar-refractivity contribution in [2.75, 3.05) is 18.5 Å². The van der Waals surface area contributed by atoms with E-state index in [1.165, 1.54) is 0 Å². The van der Waals surface area contributed by atoms with Gasteiger partial charge in [-0.2, -0.15) is 5.10 Å². The largest absolute Gasteiger partial charge is 0.466 e. The first kappa shape index (κ1) is 24.1. The van der Waals surface area contributed by atoms with E-state index < -0.39 is 0 Å². The summed E-state index contributed by atoms with van der Waals surface area (Å²) in [5.74, 6) is -0.491. The molecule has 0 atom stereocenters. The second kappa shape index (κ2) is 11.3. The van der Waals surface area contributed by atoms with Crippen molar-refractivity contribution < 1.29 is 14.3 Å². The molecule has 0 saturated carbocycles. The molecule has 0 spiro atoms. The van der Waals surface area contributed by atoms with Crippen LogP contribution >= 0.6 is 11.6 Å². The van der Waals surface area contributed by atoms with Gasteiger partial charge in [0.1, 0.15) is 0 Å². The van der Waals surface area contributed by atoms with Gasteiger partial charge in [-0.1, -0.05) is 23.7 Å². The van der Waals surface area contributed by atoms with Crippen LogP contribution in [0.4, 0.5) is 5.69 Å². The van der Waals surface area contributed by atoms with Gasteiger partial charge in [-0.05, 0) is 68.8 Å². The number of carbonyl (C=O) groups excluding carboxylic acids is 2. The van der Waals surface area contributed by atoms with Crippen LogP contribution < -0.4 is 10.7 Å². The van der Waals surface area contributed by atoms with E-state index in [1.807, 2.05) is 44.2 Å². The Kier molecular flexibility index (Phi) is 8.27. The van der Waals surface area contributed by atoms with Crippen LogP contribution in [0.5, 0.6) is 0 Å². The smallest absolute Gasteiger partial charge is 0.310 e. The normalized spacial score (nSPS) is 10.9. The minimum absolute atomic E-state index is 0.0934. The van der Waals surface area contributed by atoms with Crippen LogP contribution in [0.3, 0.4) is 0 Å². The second-order valence-corrected chi connectivity index (χ2v) is 7.90. The summed E-state index contributed by atoms with van der Waals surface area (Å²) in [5, 5.41) is 7.74. The zero-order chi connectivity index (χ0) is 23.8. The van der Waals surface area contributed by atoms with Crippen molar-refractivity contribution in [3.05, 3.63) is 82.1 Å². The Morgan fingerprint density at radius 2 is 1.79 bits per heavy atom. The van der Waals surface area contributed by atoms with Gasteiger partial charge in [-0.25, -0.2) is 5.43 Å². The Balaban J connectivity index is 1.60. The van der Waals surface area contributed by atoms with Crippen LogP contribution in [0, 0.1) is 13.8 Å². The molecule has 0 radical (unpaired) electrons. The van der Waals surface area contributed by atoms with Crippen LogP contribution in [-0.2, 0) is 20.7 Å². The SMILES string of the molecule is CCOC(=O)Cc1ccc(-n2c(C)cc(/C=N\NC(=O)CNc3ccc(Cl)cc3)c2C)cc1. The van der Waals surface area contributed by atoms with Gasteiger partial charge in [-0.3, -0.25) is 9.59 Å². The number of ether oxygens (including phenoxy) is 1. The number of nitrogens with one attached hydrogen (secondary N) is 2. The van der Waals surface area contributed by atoms with E-state index in [9.17, 15) is 9.59 Å². The molecule has 1 aromatic heterocycles. The molecular formula is C25H27ClN4O3. The number of nitrogens with zero attached hydrogens (tertiary/aromatic N) is 2. The molecule has 172 valence electrons. The topological polar surface area (TPSA) is 84.7 Å². The molecule has 2 N–H and O–H groups in total. The van der Waals surface area contributed by atoms with E-state index >= 15 is 0 Å². The van der Waals surface area contributed by atoms with Gasteiger partial charge in [0.2, 0.25) is 0 Å². The molecule has 0 bridgehead atoms. The van der Waals surface area contributed by atoms with Gasteiger partial charge in [0, 0.05) is 33.3 Å². The van der Waals surface area contributed by atoms with Gasteiger partial charge in [0.05, 0.1) is 25.8 Å². The fourth-order valence-electron chi connectivity index (χ4n) is 3.42. The minimum atomic E-state index is -0.257. The Morgan fingerprint density at radius 1 is 1.09 bits per heavy atom. The highest BCUT2D eigenvalue weighted by molar-refractivity contribution is 6.30. The lowest BCUT2D eigenvalue weighted by atomic mass is 10.1. The lowest BCUT2D eigenvalue weighted by Crippen LogP contribution is -2.25. The molecule has 0 aliphatic carbocycles. The van der Waals surface area contributed by atoms with Crippen molar-refractivity contribution in [3.63, 3.8) is 0 Å². The van der Waals surface area contributed by atoms with E-state index in [4.69, 9.17) is 16.3 Å². The van der Waals surface area contributed by atoms with Crippen molar-refractivity contribution in [1.29, 1.82) is 0 Å². The summed E-state index contributed by atoms with van der Waals surface area (Å²) in [4.78, 5) is 23.7. The first-order valence-electron chi connectivity index (χ1n) is 10.6. The summed E-state index contributed by atoms with van der Waals surface area (Å²) < 4.78 is 7.10. The Bertz CT molecular complexity index is 1140. The van der Waals surface area contributed by atoms with Crippen molar-refractivity contribution in [1.82, 2.24) is 9.99 Å². The van der Waals surface area contributed by atoms with Gasteiger partial charge < -0.3 is 14.6 Å². The monoisotopic (exact) mass is 466 g/mol. The third kappa shape index (κ3) is 6.70. The number of carbonyl (C=O) groups is 2. The lowest BCUT2D eigenvalue weighted by Gasteiger charge is -2.10. The average Bonchev–Trinajstić information content (AvgIpc) is 3.07. The van der Waals surface area contributed by atoms with E-state index in [0.29, 0.717) is 11.6 Å². The summed E-state index contributed by atoms with van der Waals surface area (Å²) in [7, 11) is 0. The number of halogens is 1. The van der Waals surface area contributed by atoms with E-state index in [2.05, 4.69) is 20.4 Å². The molecule has 8 heteroatoms. The number of aromatic nitrogens is 1. The summed E-state index contributed by atoms with van der Waals surface area (Å²) in [6.45, 7) is 6.26. The van der Waals surface area contributed by atoms with Crippen LogP contribution in [0.2, 0.25) is 5.02 Å². The highest BCUT2D eigenvalue weighted by atomic mass is 35.5. The number of hydrogen-bond donors (Lipinski definition) is 2. The number of hydrazone groups is 1. The predicted octanol–water partition coefficient (Wildman–Crippen LogP) is 4.42. The molecule has 0 unspecified atom stereocenters. The third-order valence-electron chi connectivity index (χ3n) is 5.01. The first-order valence-corrected chi connectivity index (χ1v) is 11.0. The highest BCUT2D eigenvalue weighted by Crippen LogP contribution is 2.20. The zero-order valence-electron chi connectivity index (χ0n) is 18.9. The maximum Gasteiger partial charge on any atom is 0.310 e. The maximum absolute atomic E-state index is 12.0. The minimum Gasteiger partial charge on any atom is -0.466 e. The maximum atomic E-state index is 12.0. The Hall–Kier alpha value is -3.58. The number of aryl methyl sites for hydroxylation is 1. The Labute approximate surface area is 198 Å². The number of rotatable bonds is 9. The van der Waals surface area contributed by atoms with Crippen LogP contribution in [0.25, 0.3) is 5.69 Å². The van der Waals surface area contributed by atoms with Crippen LogP contribution in [0.1, 0.15) is 29.4 Å². The molecule has 3 aromatic rings. The molecule has 33 heavy (non-hydrogen) atoms. The molecule has 0 fully saturated rings. The standard InChI is InChI=1S/C25H27ClN4O3/c1-4-33-25(32)14-19-5-11-23(12-6-19)30-17(2)13-20(18(30)3)15-28-29-24(31)16-27-22-9-7-21(26)8-10-22/h5-13,15,27H,4,14,16H2,1-3H3,(H,29,31)/b28-15-. The van der Waals surface area contributed by atoms with E-state index in [1.54, 1.807) is 37.4 Å². The zero-order valence-corrected chi connectivity index (χ0v) is 19.6. The molecule has 7 nitrogen and oxygen atoms in total. The number of benzene rings is 2. The highest BCUT2D eigenvalue weighted by Gasteiger charge is 2.11. The van der Waals surface area contributed by atoms with E-state index in [-0.39, 0.29) is 24.8 Å². The summed E-state index contributed by atoms with van der Waals surface area (Å²) in [6, 6.07) is 16.9. The molecule has 3 rings (SSSR count). The van der Waals surface area contributed by atoms with Gasteiger partial charge >= 0.3 is 5.97 Å². The Morgan fingerprint density at radius 3 is 2.45 bits per heavy atom. The van der Waals surface area contributed by atoms with Crippen molar-refractivity contribution >= 4 is 35.4 Å². The quantitative estimate of drug-likeness (QED) is 0.278. The molecule has 0 aliphatic heterocycles. The first-order chi connectivity index (χ1) is 15.9. The number of hydrogen-bond acceptors (Lipinski definition) is 5. The molecule has 0 aliphatic rings. The molecule has 2 aromatic carbocycles. The second-order valence-electron chi connectivity index (χ2n) is 7.46. The number of esters is 1. The van der Waals surface area contributed by atoms with Crippen molar-refractivity contribution in [3.8, 4) is 5.69 Å². The fourth-order valence-corrected chi connectivity index (χ4v) is 3.55. The summed E-state index contributed by atoms with van der Waals surface area (Å²) in [5.41, 5.74) is 8.13. The molecule has 0 saturated heterocycles. The predicted molar refractivity (Wildman–Crippen MR) is 131 cm³/mol. The van der Waals surface area contributed by atoms with Crippen molar-refractivity contribution in [2.45, 2.75) is 27.2 Å². The number of anilines is 1. The fraction of sp³-hybridized carbons (Fsp3) is 0.240. The van der Waals surface area contributed by atoms with Gasteiger partial charge in [0.15, 0.2) is 0 Å². The van der Waals surface area contributed by atoms with Gasteiger partial charge in [-0.15, -0.1) is 0 Å². The third-order valence-corrected chi connectivity index (χ3v) is 5.26. The molecule has 1 amide bonds. The molecule has 1 heterocycles.